The van der Waals surface area contributed by atoms with Gasteiger partial charge in [0.2, 0.25) is 10.0 Å². The lowest BCUT2D eigenvalue weighted by Gasteiger charge is -2.40. The highest BCUT2D eigenvalue weighted by atomic mass is 32.2. The Morgan fingerprint density at radius 1 is 1.07 bits per heavy atom. The fraction of sp³-hybridized carbons (Fsp3) is 0.368. The predicted molar refractivity (Wildman–Crippen MR) is 99.9 cm³/mol. The first-order valence-corrected chi connectivity index (χ1v) is 10.2. The molecule has 9 heteroatoms. The molecule has 1 aliphatic heterocycles. The van der Waals surface area contributed by atoms with E-state index in [4.69, 9.17) is 0 Å². The SMILES string of the molecule is Cc1cccc(N2CCN(S(=O)(=O)c3ccc(OC(F)(F)F)cc3)C[C@H]2C)c1. The number of sulfonamides is 1. The molecule has 3 rings (SSSR count). The third kappa shape index (κ3) is 4.59. The van der Waals surface area contributed by atoms with E-state index in [-0.39, 0.29) is 17.5 Å². The van der Waals surface area contributed by atoms with Crippen molar-refractivity contribution < 1.29 is 26.3 Å². The fourth-order valence-electron chi connectivity index (χ4n) is 3.30. The van der Waals surface area contributed by atoms with Gasteiger partial charge in [0.15, 0.2) is 0 Å². The fourth-order valence-corrected chi connectivity index (χ4v) is 4.81. The zero-order valence-electron chi connectivity index (χ0n) is 15.5. The van der Waals surface area contributed by atoms with Gasteiger partial charge in [-0.25, -0.2) is 8.42 Å². The van der Waals surface area contributed by atoms with E-state index in [1.807, 2.05) is 32.0 Å². The van der Waals surface area contributed by atoms with Crippen molar-refractivity contribution in [1.82, 2.24) is 4.31 Å². The van der Waals surface area contributed by atoms with Crippen LogP contribution in [-0.4, -0.2) is 44.8 Å². The van der Waals surface area contributed by atoms with Crippen LogP contribution in [0, 0.1) is 6.92 Å². The van der Waals surface area contributed by atoms with E-state index in [9.17, 15) is 21.6 Å². The second-order valence-corrected chi connectivity index (χ2v) is 8.70. The van der Waals surface area contributed by atoms with Crippen LogP contribution in [0.5, 0.6) is 5.75 Å². The van der Waals surface area contributed by atoms with Gasteiger partial charge >= 0.3 is 6.36 Å². The molecule has 1 heterocycles. The first-order valence-electron chi connectivity index (χ1n) is 8.75. The van der Waals surface area contributed by atoms with Gasteiger partial charge < -0.3 is 9.64 Å². The van der Waals surface area contributed by atoms with Gasteiger partial charge in [0.05, 0.1) is 4.90 Å². The summed E-state index contributed by atoms with van der Waals surface area (Å²) in [7, 11) is -3.80. The second kappa shape index (κ2) is 7.63. The van der Waals surface area contributed by atoms with E-state index < -0.39 is 22.1 Å². The molecule has 152 valence electrons. The predicted octanol–water partition coefficient (Wildman–Crippen LogP) is 3.79. The number of halogens is 3. The summed E-state index contributed by atoms with van der Waals surface area (Å²) in [6, 6.07) is 12.2. The summed E-state index contributed by atoms with van der Waals surface area (Å²) < 4.78 is 67.7. The Balaban J connectivity index is 1.73. The number of anilines is 1. The number of hydrogen-bond acceptors (Lipinski definition) is 4. The molecule has 0 aliphatic carbocycles. The van der Waals surface area contributed by atoms with E-state index >= 15 is 0 Å². The number of aryl methyl sites for hydroxylation is 1. The largest absolute Gasteiger partial charge is 0.573 e. The van der Waals surface area contributed by atoms with Crippen LogP contribution >= 0.6 is 0 Å². The van der Waals surface area contributed by atoms with Gasteiger partial charge in [0.1, 0.15) is 5.75 Å². The average molecular weight is 414 g/mol. The Morgan fingerprint density at radius 2 is 1.75 bits per heavy atom. The van der Waals surface area contributed by atoms with Gasteiger partial charge in [0.25, 0.3) is 0 Å². The molecule has 0 spiro atoms. The van der Waals surface area contributed by atoms with Crippen molar-refractivity contribution >= 4 is 15.7 Å². The molecule has 0 aromatic heterocycles. The molecular formula is C19H21F3N2O3S. The molecule has 5 nitrogen and oxygen atoms in total. The maximum absolute atomic E-state index is 12.9. The van der Waals surface area contributed by atoms with Crippen molar-refractivity contribution in [2.24, 2.45) is 0 Å². The van der Waals surface area contributed by atoms with Crippen LogP contribution < -0.4 is 9.64 Å². The van der Waals surface area contributed by atoms with Crippen molar-refractivity contribution in [3.05, 3.63) is 54.1 Å². The Morgan fingerprint density at radius 3 is 2.32 bits per heavy atom. The summed E-state index contributed by atoms with van der Waals surface area (Å²) in [6.07, 6.45) is -4.82. The molecule has 0 N–H and O–H groups in total. The molecule has 1 atom stereocenters. The standard InChI is InChI=1S/C19H21F3N2O3S/c1-14-4-3-5-16(12-14)24-11-10-23(13-15(24)2)28(25,26)18-8-6-17(7-9-18)27-19(20,21)22/h3-9,12,15H,10-11,13H2,1-2H3/t15-/m1/s1. The number of alkyl halides is 3. The van der Waals surface area contributed by atoms with Gasteiger partial charge in [-0.3, -0.25) is 0 Å². The lowest BCUT2D eigenvalue weighted by Crippen LogP contribution is -2.53. The summed E-state index contributed by atoms with van der Waals surface area (Å²) in [5.74, 6) is -0.455. The molecule has 0 bridgehead atoms. The molecule has 28 heavy (non-hydrogen) atoms. The summed E-state index contributed by atoms with van der Waals surface area (Å²) >= 11 is 0. The normalized spacial score (nSPS) is 18.9. The Bertz CT molecular complexity index is 930. The molecule has 0 radical (unpaired) electrons. The molecule has 1 saturated heterocycles. The molecule has 1 fully saturated rings. The second-order valence-electron chi connectivity index (χ2n) is 6.76. The van der Waals surface area contributed by atoms with Gasteiger partial charge in [-0.2, -0.15) is 4.31 Å². The summed E-state index contributed by atoms with van der Waals surface area (Å²) in [5.41, 5.74) is 2.17. The Labute approximate surface area is 162 Å². The zero-order chi connectivity index (χ0) is 20.5. The lowest BCUT2D eigenvalue weighted by molar-refractivity contribution is -0.274. The average Bonchev–Trinajstić information content (AvgIpc) is 2.60. The maximum Gasteiger partial charge on any atom is 0.573 e. The molecule has 2 aromatic rings. The van der Waals surface area contributed by atoms with E-state index in [0.29, 0.717) is 13.1 Å². The van der Waals surface area contributed by atoms with E-state index in [1.165, 1.54) is 4.31 Å². The van der Waals surface area contributed by atoms with Crippen LogP contribution in [0.15, 0.2) is 53.4 Å². The number of piperazine rings is 1. The van der Waals surface area contributed by atoms with Crippen molar-refractivity contribution in [2.75, 3.05) is 24.5 Å². The smallest absolute Gasteiger partial charge is 0.406 e. The number of nitrogens with zero attached hydrogens (tertiary/aromatic N) is 2. The first-order chi connectivity index (χ1) is 13.1. The number of ether oxygens (including phenoxy) is 1. The van der Waals surface area contributed by atoms with Crippen molar-refractivity contribution in [1.29, 1.82) is 0 Å². The van der Waals surface area contributed by atoms with Crippen LogP contribution in [0.1, 0.15) is 12.5 Å². The van der Waals surface area contributed by atoms with Gasteiger partial charge in [0, 0.05) is 31.4 Å². The van der Waals surface area contributed by atoms with Crippen molar-refractivity contribution in [3.63, 3.8) is 0 Å². The molecule has 1 aliphatic rings. The lowest BCUT2D eigenvalue weighted by atomic mass is 10.1. The van der Waals surface area contributed by atoms with E-state index in [2.05, 4.69) is 15.7 Å². The number of hydrogen-bond donors (Lipinski definition) is 0. The Kier molecular flexibility index (Phi) is 5.58. The van der Waals surface area contributed by atoms with Crippen LogP contribution in [0.3, 0.4) is 0 Å². The summed E-state index contributed by atoms with van der Waals surface area (Å²) in [5, 5.41) is 0. The van der Waals surface area contributed by atoms with E-state index in [1.54, 1.807) is 0 Å². The van der Waals surface area contributed by atoms with Crippen molar-refractivity contribution in [2.45, 2.75) is 31.1 Å². The van der Waals surface area contributed by atoms with Gasteiger partial charge in [-0.15, -0.1) is 13.2 Å². The number of rotatable bonds is 4. The monoisotopic (exact) mass is 414 g/mol. The topological polar surface area (TPSA) is 49.9 Å². The van der Waals surface area contributed by atoms with Crippen LogP contribution in [0.25, 0.3) is 0 Å². The minimum atomic E-state index is -4.82. The molecule has 2 aromatic carbocycles. The minimum Gasteiger partial charge on any atom is -0.406 e. The van der Waals surface area contributed by atoms with Gasteiger partial charge in [-0.05, 0) is 55.8 Å². The quantitative estimate of drug-likeness (QED) is 0.764. The third-order valence-corrected chi connectivity index (χ3v) is 6.50. The maximum atomic E-state index is 12.9. The van der Waals surface area contributed by atoms with Crippen LogP contribution in [0.4, 0.5) is 18.9 Å². The highest BCUT2D eigenvalue weighted by Gasteiger charge is 2.33. The zero-order valence-corrected chi connectivity index (χ0v) is 16.3. The highest BCUT2D eigenvalue weighted by molar-refractivity contribution is 7.89. The summed E-state index contributed by atoms with van der Waals surface area (Å²) in [4.78, 5) is 2.09. The molecule has 0 unspecified atom stereocenters. The van der Waals surface area contributed by atoms with E-state index in [0.717, 1.165) is 35.5 Å². The third-order valence-electron chi connectivity index (χ3n) is 4.62. The highest BCUT2D eigenvalue weighted by Crippen LogP contribution is 2.27. The molecule has 0 amide bonds. The molecular weight excluding hydrogens is 393 g/mol. The van der Waals surface area contributed by atoms with Crippen LogP contribution in [-0.2, 0) is 10.0 Å². The summed E-state index contributed by atoms with van der Waals surface area (Å²) in [6.45, 7) is 5.06. The van der Waals surface area contributed by atoms with Crippen LogP contribution in [0.2, 0.25) is 0 Å². The van der Waals surface area contributed by atoms with Gasteiger partial charge in [-0.1, -0.05) is 12.1 Å². The van der Waals surface area contributed by atoms with Crippen molar-refractivity contribution in [3.8, 4) is 5.75 Å². The minimum absolute atomic E-state index is 0.0434. The first kappa shape index (κ1) is 20.5. The Hall–Kier alpha value is -2.26. The number of benzene rings is 2. The molecule has 0 saturated carbocycles.